The van der Waals surface area contributed by atoms with Gasteiger partial charge < -0.3 is 29.9 Å². The van der Waals surface area contributed by atoms with Crippen LogP contribution in [0.4, 0.5) is 43.7 Å². The Morgan fingerprint density at radius 3 is 1.23 bits per heavy atom. The van der Waals surface area contributed by atoms with Gasteiger partial charge in [-0.05, 0) is 124 Å². The van der Waals surface area contributed by atoms with Gasteiger partial charge in [0.15, 0.2) is 0 Å². The van der Waals surface area contributed by atoms with Crippen LogP contribution in [0.5, 0.6) is 11.5 Å². The van der Waals surface area contributed by atoms with Crippen LogP contribution in [-0.4, -0.2) is 66.6 Å². The van der Waals surface area contributed by atoms with Crippen LogP contribution in [0.15, 0.2) is 97.1 Å². The van der Waals surface area contributed by atoms with E-state index in [1.165, 1.54) is 0 Å². The molecule has 0 saturated heterocycles. The molecule has 4 amide bonds. The summed E-state index contributed by atoms with van der Waals surface area (Å²) in [6, 6.07) is 30.8. The maximum Gasteiger partial charge on any atom is 0.326 e. The fourth-order valence-corrected chi connectivity index (χ4v) is 6.68. The zero-order valence-electron chi connectivity index (χ0n) is 31.5. The summed E-state index contributed by atoms with van der Waals surface area (Å²) in [6.45, 7) is 6.01. The Labute approximate surface area is 309 Å². The fourth-order valence-electron chi connectivity index (χ4n) is 6.68. The Kier molecular flexibility index (Phi) is 13.3. The van der Waals surface area contributed by atoms with Crippen molar-refractivity contribution in [2.24, 2.45) is 11.8 Å². The third-order valence-electron chi connectivity index (χ3n) is 9.52. The van der Waals surface area contributed by atoms with Gasteiger partial charge >= 0.3 is 12.1 Å². The highest BCUT2D eigenvalue weighted by atomic mass is 16.5. The van der Waals surface area contributed by atoms with Gasteiger partial charge in [-0.15, -0.1) is 0 Å². The van der Waals surface area contributed by atoms with Crippen LogP contribution in [-0.2, 0) is 0 Å². The zero-order valence-corrected chi connectivity index (χ0v) is 31.5. The van der Waals surface area contributed by atoms with Crippen molar-refractivity contribution in [2.45, 2.75) is 39.5 Å². The molecule has 0 spiro atoms. The highest BCUT2D eigenvalue weighted by Crippen LogP contribution is 2.37. The van der Waals surface area contributed by atoms with Gasteiger partial charge in [0.25, 0.3) is 0 Å². The van der Waals surface area contributed by atoms with E-state index in [-0.39, 0.29) is 23.9 Å². The van der Waals surface area contributed by atoms with Crippen LogP contribution in [0.25, 0.3) is 0 Å². The van der Waals surface area contributed by atoms with E-state index in [0.717, 1.165) is 59.8 Å². The van der Waals surface area contributed by atoms with Crippen molar-refractivity contribution in [3.05, 3.63) is 97.1 Å². The standard InChI is InChI=1S/C42H54N6O4/c1-7-51-39-15-11-9-13-37(39)47(41(49)43-33-21-25-35(26-22-33)45(3)4)29-31-17-19-32(20-18-31)30-48(38-14-10-12-16-40(38)52-8-2)42(50)44-34-23-27-36(28-24-34)46(5)6/h9-16,21-28,31-32H,7-8,17-20,29-30H2,1-6H3,(H,43,49)(H,44,50)/t31-,32-. The first kappa shape index (κ1) is 37.9. The average molecular weight is 707 g/mol. The number of rotatable bonds is 14. The molecule has 2 N–H and O–H groups in total. The number of carbonyl (C=O) groups is 2. The van der Waals surface area contributed by atoms with E-state index in [4.69, 9.17) is 9.47 Å². The molecule has 52 heavy (non-hydrogen) atoms. The van der Waals surface area contributed by atoms with E-state index >= 15 is 0 Å². The van der Waals surface area contributed by atoms with E-state index in [9.17, 15) is 9.59 Å². The molecule has 10 nitrogen and oxygen atoms in total. The first-order valence-electron chi connectivity index (χ1n) is 18.3. The van der Waals surface area contributed by atoms with Crippen molar-refractivity contribution in [2.75, 3.05) is 84.7 Å². The first-order valence-corrected chi connectivity index (χ1v) is 18.3. The third-order valence-corrected chi connectivity index (χ3v) is 9.52. The second kappa shape index (κ2) is 18.2. The third kappa shape index (κ3) is 9.90. The lowest BCUT2D eigenvalue weighted by molar-refractivity contribution is 0.243. The van der Waals surface area contributed by atoms with E-state index in [1.54, 1.807) is 0 Å². The summed E-state index contributed by atoms with van der Waals surface area (Å²) in [5, 5.41) is 6.25. The van der Waals surface area contributed by atoms with Crippen LogP contribution in [0.2, 0.25) is 0 Å². The van der Waals surface area contributed by atoms with Crippen molar-refractivity contribution < 1.29 is 19.1 Å². The summed E-state index contributed by atoms with van der Waals surface area (Å²) in [5.74, 6) is 1.92. The number of urea groups is 2. The Morgan fingerprint density at radius 1 is 0.558 bits per heavy atom. The number of anilines is 6. The van der Waals surface area contributed by atoms with Gasteiger partial charge in [0, 0.05) is 64.0 Å². The monoisotopic (exact) mass is 706 g/mol. The number of nitrogens with one attached hydrogen (secondary N) is 2. The smallest absolute Gasteiger partial charge is 0.326 e. The van der Waals surface area contributed by atoms with E-state index in [2.05, 4.69) is 10.6 Å². The van der Waals surface area contributed by atoms with Gasteiger partial charge in [0.1, 0.15) is 11.5 Å². The normalized spacial score (nSPS) is 15.3. The minimum atomic E-state index is -0.194. The van der Waals surface area contributed by atoms with Gasteiger partial charge in [-0.2, -0.15) is 0 Å². The summed E-state index contributed by atoms with van der Waals surface area (Å²) in [6.07, 6.45) is 3.71. The zero-order chi connectivity index (χ0) is 37.0. The Morgan fingerprint density at radius 2 is 0.904 bits per heavy atom. The molecular weight excluding hydrogens is 653 g/mol. The van der Waals surface area contributed by atoms with Crippen molar-refractivity contribution in [1.29, 1.82) is 0 Å². The van der Waals surface area contributed by atoms with Gasteiger partial charge in [-0.25, -0.2) is 9.59 Å². The molecule has 0 bridgehead atoms. The van der Waals surface area contributed by atoms with Crippen LogP contribution in [0.3, 0.4) is 0 Å². The lowest BCUT2D eigenvalue weighted by Gasteiger charge is -2.35. The molecule has 4 aromatic carbocycles. The fraction of sp³-hybridized carbons (Fsp3) is 0.381. The SMILES string of the molecule is CCOc1ccccc1N(C[C@H]1CC[C@H](CN(C(=O)Nc2ccc(N(C)C)cc2)c2ccccc2OCC)CC1)C(=O)Nc1ccc(N(C)C)cc1. The van der Waals surface area contributed by atoms with Crippen LogP contribution < -0.4 is 39.7 Å². The second-order valence-electron chi connectivity index (χ2n) is 13.7. The molecule has 276 valence electrons. The molecule has 1 fully saturated rings. The van der Waals surface area contributed by atoms with E-state index < -0.39 is 0 Å². The molecule has 0 atom stereocenters. The molecule has 5 rings (SSSR count). The largest absolute Gasteiger partial charge is 0.492 e. The molecule has 0 radical (unpaired) electrons. The number of benzene rings is 4. The number of carbonyl (C=O) groups excluding carboxylic acids is 2. The number of amides is 4. The number of hydrogen-bond donors (Lipinski definition) is 2. The number of ether oxygens (including phenoxy) is 2. The summed E-state index contributed by atoms with van der Waals surface area (Å²) < 4.78 is 12.0. The van der Waals surface area contributed by atoms with Gasteiger partial charge in [-0.3, -0.25) is 9.80 Å². The number of para-hydroxylation sites is 4. The van der Waals surface area contributed by atoms with Crippen LogP contribution >= 0.6 is 0 Å². The molecule has 4 aromatic rings. The highest BCUT2D eigenvalue weighted by molar-refractivity contribution is 6.03. The maximum absolute atomic E-state index is 14.0. The lowest BCUT2D eigenvalue weighted by atomic mass is 9.81. The lowest BCUT2D eigenvalue weighted by Crippen LogP contribution is -2.42. The Bertz CT molecular complexity index is 1610. The predicted molar refractivity (Wildman–Crippen MR) is 215 cm³/mol. The second-order valence-corrected chi connectivity index (χ2v) is 13.7. The summed E-state index contributed by atoms with van der Waals surface area (Å²) in [5.41, 5.74) is 5.09. The highest BCUT2D eigenvalue weighted by Gasteiger charge is 2.30. The number of hydrogen-bond acceptors (Lipinski definition) is 6. The quantitative estimate of drug-likeness (QED) is 0.136. The predicted octanol–water partition coefficient (Wildman–Crippen LogP) is 9.20. The first-order chi connectivity index (χ1) is 25.2. The Balaban J connectivity index is 1.30. The molecule has 0 aromatic heterocycles. The summed E-state index contributed by atoms with van der Waals surface area (Å²) in [4.78, 5) is 35.7. The summed E-state index contributed by atoms with van der Waals surface area (Å²) in [7, 11) is 7.97. The van der Waals surface area contributed by atoms with Crippen molar-refractivity contribution in [1.82, 2.24) is 0 Å². The minimum Gasteiger partial charge on any atom is -0.492 e. The van der Waals surface area contributed by atoms with Crippen LogP contribution in [0, 0.1) is 11.8 Å². The van der Waals surface area contributed by atoms with Gasteiger partial charge in [0.05, 0.1) is 24.6 Å². The van der Waals surface area contributed by atoms with Crippen molar-refractivity contribution >= 4 is 46.2 Å². The molecule has 0 unspecified atom stereocenters. The molecule has 1 aliphatic carbocycles. The van der Waals surface area contributed by atoms with Crippen molar-refractivity contribution in [3.63, 3.8) is 0 Å². The molecule has 0 aliphatic heterocycles. The molecule has 1 aliphatic rings. The average Bonchev–Trinajstić information content (AvgIpc) is 3.15. The molecule has 1 saturated carbocycles. The van der Waals surface area contributed by atoms with E-state index in [1.807, 2.05) is 159 Å². The van der Waals surface area contributed by atoms with Gasteiger partial charge in [-0.1, -0.05) is 24.3 Å². The van der Waals surface area contributed by atoms with E-state index in [0.29, 0.717) is 37.8 Å². The molecular formula is C42H54N6O4. The topological polar surface area (TPSA) is 89.6 Å². The maximum atomic E-state index is 14.0. The number of nitrogens with zero attached hydrogens (tertiary/aromatic N) is 4. The molecule has 10 heteroatoms. The van der Waals surface area contributed by atoms with Gasteiger partial charge in [0.2, 0.25) is 0 Å². The van der Waals surface area contributed by atoms with Crippen molar-refractivity contribution in [3.8, 4) is 11.5 Å². The molecule has 0 heterocycles. The minimum absolute atomic E-state index is 0.194. The Hall–Kier alpha value is -5.38. The van der Waals surface area contributed by atoms with Crippen LogP contribution in [0.1, 0.15) is 39.5 Å². The summed E-state index contributed by atoms with van der Waals surface area (Å²) >= 11 is 0.